The van der Waals surface area contributed by atoms with Crippen LogP contribution in [-0.2, 0) is 19.6 Å². The molecule has 1 N–H and O–H groups in total. The summed E-state index contributed by atoms with van der Waals surface area (Å²) in [5.74, 6) is 4.61. The number of furan rings is 1. The number of hydrogen-bond donors (Lipinski definition) is 1. The van der Waals surface area contributed by atoms with Crippen LogP contribution < -0.4 is 5.32 Å². The van der Waals surface area contributed by atoms with Crippen molar-refractivity contribution in [3.63, 3.8) is 0 Å². The van der Waals surface area contributed by atoms with Gasteiger partial charge in [-0.1, -0.05) is 0 Å². The highest BCUT2D eigenvalue weighted by Gasteiger charge is 2.27. The van der Waals surface area contributed by atoms with E-state index in [1.54, 1.807) is 11.3 Å². The summed E-state index contributed by atoms with van der Waals surface area (Å²) in [5.41, 5.74) is 0. The van der Waals surface area contributed by atoms with E-state index in [4.69, 9.17) is 4.42 Å². The second-order valence-corrected chi connectivity index (χ2v) is 8.51. The number of aryl methyl sites for hydroxylation is 1. The molecule has 5 rings (SSSR count). The Bertz CT molecular complexity index is 927. The number of nitrogens with one attached hydrogen (secondary N) is 1. The number of fused-ring (bicyclic) bond motifs is 1. The van der Waals surface area contributed by atoms with E-state index in [0.29, 0.717) is 5.92 Å². The number of rotatable bonds is 4. The zero-order valence-electron chi connectivity index (χ0n) is 15.9. The molecule has 3 aromatic rings. The van der Waals surface area contributed by atoms with Crippen molar-refractivity contribution in [3.8, 4) is 10.8 Å². The number of nitrogens with zero attached hydrogens (tertiary/aromatic N) is 5. The van der Waals surface area contributed by atoms with Crippen molar-refractivity contribution >= 4 is 23.7 Å². The van der Waals surface area contributed by atoms with Crippen LogP contribution in [0.3, 0.4) is 0 Å². The van der Waals surface area contributed by atoms with Crippen molar-refractivity contribution in [2.24, 2.45) is 0 Å². The second kappa shape index (κ2) is 8.32. The first-order chi connectivity index (χ1) is 13.3. The smallest absolute Gasteiger partial charge is 0.162 e. The molecule has 9 heteroatoms. The molecule has 1 fully saturated rings. The molecule has 0 saturated carbocycles. The number of likely N-dealkylation sites (tertiary alicyclic amines) is 1. The van der Waals surface area contributed by atoms with Gasteiger partial charge in [0.05, 0.1) is 6.54 Å². The van der Waals surface area contributed by atoms with Crippen LogP contribution in [0, 0.1) is 6.92 Å². The molecule has 0 radical (unpaired) electrons. The van der Waals surface area contributed by atoms with Gasteiger partial charge in [-0.25, -0.2) is 4.98 Å². The molecule has 5 heterocycles. The zero-order chi connectivity index (χ0) is 18.2. The highest BCUT2D eigenvalue weighted by molar-refractivity contribution is 7.14. The van der Waals surface area contributed by atoms with Gasteiger partial charge >= 0.3 is 0 Å². The first-order valence-corrected chi connectivity index (χ1v) is 10.4. The lowest BCUT2D eigenvalue weighted by Crippen LogP contribution is -2.34. The summed E-state index contributed by atoms with van der Waals surface area (Å²) >= 11 is 1.73. The normalized spacial score (nSPS) is 18.0. The van der Waals surface area contributed by atoms with E-state index >= 15 is 0 Å². The maximum atomic E-state index is 5.69. The van der Waals surface area contributed by atoms with Gasteiger partial charge in [-0.2, -0.15) is 0 Å². The van der Waals surface area contributed by atoms with Crippen molar-refractivity contribution in [1.29, 1.82) is 0 Å². The van der Waals surface area contributed by atoms with Gasteiger partial charge in [0.25, 0.3) is 0 Å². The van der Waals surface area contributed by atoms with Crippen LogP contribution in [-0.4, -0.2) is 44.3 Å². The Morgan fingerprint density at radius 1 is 1.21 bits per heavy atom. The predicted octanol–water partition coefficient (Wildman–Crippen LogP) is 3.21. The summed E-state index contributed by atoms with van der Waals surface area (Å²) in [6.45, 7) is 7.97. The maximum absolute atomic E-state index is 5.69. The minimum Gasteiger partial charge on any atom is -0.459 e. The standard InChI is InChI=1S/C19H24N6OS.ClH/c1-13-2-3-16(26-13)19-21-10-15(27-19)12-24-7-4-14(5-8-24)18-23-22-17-11-20-6-9-25(17)18;/h2-3,10,14,20H,4-9,11-12H2,1H3;1H. The quantitative estimate of drug-likeness (QED) is 0.698. The first kappa shape index (κ1) is 19.6. The average Bonchev–Trinajstić information content (AvgIpc) is 3.42. The largest absolute Gasteiger partial charge is 0.459 e. The van der Waals surface area contributed by atoms with E-state index in [0.717, 1.165) is 74.5 Å². The van der Waals surface area contributed by atoms with Gasteiger partial charge in [0, 0.05) is 36.6 Å². The van der Waals surface area contributed by atoms with E-state index in [1.165, 1.54) is 10.7 Å². The third-order valence-electron chi connectivity index (χ3n) is 5.49. The fourth-order valence-corrected chi connectivity index (χ4v) is 4.95. The molecule has 0 bridgehead atoms. The molecule has 28 heavy (non-hydrogen) atoms. The molecule has 2 aliphatic heterocycles. The highest BCUT2D eigenvalue weighted by Crippen LogP contribution is 2.31. The van der Waals surface area contributed by atoms with E-state index in [9.17, 15) is 0 Å². The topological polar surface area (TPSA) is 72.0 Å². The molecule has 0 unspecified atom stereocenters. The summed E-state index contributed by atoms with van der Waals surface area (Å²) in [7, 11) is 0. The molecule has 1 saturated heterocycles. The van der Waals surface area contributed by atoms with Crippen molar-refractivity contribution in [1.82, 2.24) is 30.0 Å². The van der Waals surface area contributed by atoms with Gasteiger partial charge in [0.2, 0.25) is 0 Å². The number of hydrogen-bond acceptors (Lipinski definition) is 7. The fraction of sp³-hybridized carbons (Fsp3) is 0.526. The van der Waals surface area contributed by atoms with Gasteiger partial charge in [-0.15, -0.1) is 33.9 Å². The third-order valence-corrected chi connectivity index (χ3v) is 6.48. The highest BCUT2D eigenvalue weighted by atomic mass is 35.5. The lowest BCUT2D eigenvalue weighted by molar-refractivity contribution is 0.201. The molecule has 2 aliphatic rings. The monoisotopic (exact) mass is 420 g/mol. The molecule has 0 aromatic carbocycles. The molecule has 150 valence electrons. The van der Waals surface area contributed by atoms with Crippen LogP contribution in [0.1, 0.15) is 41.0 Å². The molecular formula is C19H25ClN6OS. The van der Waals surface area contributed by atoms with Crippen molar-refractivity contribution in [2.45, 2.75) is 45.3 Å². The molecular weight excluding hydrogens is 396 g/mol. The van der Waals surface area contributed by atoms with Crippen LogP contribution in [0.15, 0.2) is 22.7 Å². The molecule has 0 aliphatic carbocycles. The SMILES string of the molecule is Cc1ccc(-c2ncc(CN3CCC(c4nnc5n4CCNC5)CC3)s2)o1.Cl. The van der Waals surface area contributed by atoms with E-state index < -0.39 is 0 Å². The van der Waals surface area contributed by atoms with Crippen LogP contribution >= 0.6 is 23.7 Å². The van der Waals surface area contributed by atoms with Crippen molar-refractivity contribution < 1.29 is 4.42 Å². The maximum Gasteiger partial charge on any atom is 0.162 e. The third kappa shape index (κ3) is 3.87. The van der Waals surface area contributed by atoms with E-state index in [1.807, 2.05) is 25.3 Å². The summed E-state index contributed by atoms with van der Waals surface area (Å²) in [6, 6.07) is 3.98. The Kier molecular flexibility index (Phi) is 5.82. The van der Waals surface area contributed by atoms with Gasteiger partial charge in [0.1, 0.15) is 17.4 Å². The Morgan fingerprint density at radius 2 is 2.07 bits per heavy atom. The lowest BCUT2D eigenvalue weighted by Gasteiger charge is -2.31. The van der Waals surface area contributed by atoms with Gasteiger partial charge in [-0.3, -0.25) is 4.90 Å². The van der Waals surface area contributed by atoms with Crippen LogP contribution in [0.2, 0.25) is 0 Å². The molecule has 7 nitrogen and oxygen atoms in total. The lowest BCUT2D eigenvalue weighted by atomic mass is 9.95. The summed E-state index contributed by atoms with van der Waals surface area (Å²) in [4.78, 5) is 8.36. The molecule has 0 spiro atoms. The Hall–Kier alpha value is -1.74. The van der Waals surface area contributed by atoms with Crippen molar-refractivity contribution in [3.05, 3.63) is 40.6 Å². The Labute approximate surface area is 174 Å². The fourth-order valence-electron chi connectivity index (χ4n) is 4.03. The van der Waals surface area contributed by atoms with Crippen LogP contribution in [0.5, 0.6) is 0 Å². The van der Waals surface area contributed by atoms with Gasteiger partial charge in [-0.05, 0) is 45.0 Å². The second-order valence-electron chi connectivity index (χ2n) is 7.40. The summed E-state index contributed by atoms with van der Waals surface area (Å²) < 4.78 is 8.02. The summed E-state index contributed by atoms with van der Waals surface area (Å²) in [5, 5.41) is 13.2. The predicted molar refractivity (Wildman–Crippen MR) is 111 cm³/mol. The molecule has 3 aromatic heterocycles. The molecule has 0 amide bonds. The Morgan fingerprint density at radius 3 is 2.86 bits per heavy atom. The van der Waals surface area contributed by atoms with Crippen molar-refractivity contribution in [2.75, 3.05) is 19.6 Å². The number of aromatic nitrogens is 4. The number of thiazole rings is 1. The van der Waals surface area contributed by atoms with Crippen LogP contribution in [0.4, 0.5) is 0 Å². The van der Waals surface area contributed by atoms with E-state index in [2.05, 4.69) is 30.0 Å². The number of halogens is 1. The average molecular weight is 421 g/mol. The minimum absolute atomic E-state index is 0. The minimum atomic E-state index is 0. The number of piperidine rings is 1. The van der Waals surface area contributed by atoms with Crippen LogP contribution in [0.25, 0.3) is 10.8 Å². The first-order valence-electron chi connectivity index (χ1n) is 9.63. The van der Waals surface area contributed by atoms with Gasteiger partial charge < -0.3 is 14.3 Å². The summed E-state index contributed by atoms with van der Waals surface area (Å²) in [6.07, 6.45) is 4.29. The van der Waals surface area contributed by atoms with Gasteiger partial charge in [0.15, 0.2) is 10.8 Å². The Balaban J connectivity index is 0.00000192. The molecule has 0 atom stereocenters. The van der Waals surface area contributed by atoms with E-state index in [-0.39, 0.29) is 12.4 Å². The zero-order valence-corrected chi connectivity index (χ0v) is 17.6.